The summed E-state index contributed by atoms with van der Waals surface area (Å²) in [4.78, 5) is 4.72. The molecule has 0 radical (unpaired) electrons. The van der Waals surface area contributed by atoms with E-state index >= 15 is 0 Å². The van der Waals surface area contributed by atoms with E-state index in [9.17, 15) is 0 Å². The molecule has 0 saturated carbocycles. The summed E-state index contributed by atoms with van der Waals surface area (Å²) in [6, 6.07) is 12.3. The summed E-state index contributed by atoms with van der Waals surface area (Å²) in [7, 11) is 0. The number of hydrogen-bond acceptors (Lipinski definition) is 3. The van der Waals surface area contributed by atoms with Crippen LogP contribution in [0.4, 0.5) is 0 Å². The van der Waals surface area contributed by atoms with Gasteiger partial charge in [0.1, 0.15) is 12.3 Å². The van der Waals surface area contributed by atoms with Crippen LogP contribution in [-0.2, 0) is 11.3 Å². The van der Waals surface area contributed by atoms with Crippen molar-refractivity contribution in [1.82, 2.24) is 4.57 Å². The maximum Gasteiger partial charge on any atom is 0.233 e. The second-order valence-corrected chi connectivity index (χ2v) is 6.69. The van der Waals surface area contributed by atoms with E-state index in [1.165, 1.54) is 0 Å². The van der Waals surface area contributed by atoms with Gasteiger partial charge in [-0.15, -0.1) is 0 Å². The van der Waals surface area contributed by atoms with E-state index in [2.05, 4.69) is 10.8 Å². The Morgan fingerprint density at radius 1 is 1.32 bits per heavy atom. The zero-order chi connectivity index (χ0) is 15.4. The third-order valence-electron chi connectivity index (χ3n) is 3.71. The molecule has 1 aliphatic rings. The normalized spacial score (nSPS) is 17.4. The molecule has 1 aromatic heterocycles. The van der Waals surface area contributed by atoms with Crippen molar-refractivity contribution in [2.24, 2.45) is 4.99 Å². The molecule has 1 atom stereocenters. The fourth-order valence-corrected chi connectivity index (χ4v) is 3.22. The molecular weight excluding hydrogens is 316 g/mol. The summed E-state index contributed by atoms with van der Waals surface area (Å²) in [5, 5.41) is 0.786. The molecular formula is C17H19ClN2OS. The number of hydrogen-bond donors (Lipinski definition) is 0. The minimum atomic E-state index is 0.283. The quantitative estimate of drug-likeness (QED) is 0.795. The minimum absolute atomic E-state index is 0.283. The minimum Gasteiger partial charge on any atom is -0.474 e. The summed E-state index contributed by atoms with van der Waals surface area (Å²) in [6.45, 7) is 1.41. The van der Waals surface area contributed by atoms with Crippen molar-refractivity contribution in [2.45, 2.75) is 19.0 Å². The fourth-order valence-electron chi connectivity index (χ4n) is 2.51. The van der Waals surface area contributed by atoms with Gasteiger partial charge in [-0.3, -0.25) is 0 Å². The standard InChI is InChI=1S/C17H19ClN2OS/c1-22-10-8-14-12-21-17(19-14)16-7-4-9-20(16)11-13-5-2-3-6-15(13)18/h2-7,9,14H,8,10-12H2,1H3. The number of aliphatic imine (C=N–C) groups is 1. The Morgan fingerprint density at radius 3 is 3.00 bits per heavy atom. The van der Waals surface area contributed by atoms with Crippen molar-refractivity contribution in [1.29, 1.82) is 0 Å². The Balaban J connectivity index is 1.77. The van der Waals surface area contributed by atoms with Crippen molar-refractivity contribution in [3.8, 4) is 0 Å². The van der Waals surface area contributed by atoms with Crippen molar-refractivity contribution in [3.63, 3.8) is 0 Å². The van der Waals surface area contributed by atoms with Crippen LogP contribution < -0.4 is 0 Å². The van der Waals surface area contributed by atoms with Crippen molar-refractivity contribution >= 4 is 29.3 Å². The molecule has 2 heterocycles. The molecule has 0 N–H and O–H groups in total. The van der Waals surface area contributed by atoms with Gasteiger partial charge in [-0.25, -0.2) is 4.99 Å². The number of benzene rings is 1. The lowest BCUT2D eigenvalue weighted by molar-refractivity contribution is 0.314. The van der Waals surface area contributed by atoms with E-state index in [1.54, 1.807) is 0 Å². The predicted molar refractivity (Wildman–Crippen MR) is 94.3 cm³/mol. The van der Waals surface area contributed by atoms with Crippen LogP contribution >= 0.6 is 23.4 Å². The first kappa shape index (κ1) is 15.5. The van der Waals surface area contributed by atoms with Gasteiger partial charge in [0.15, 0.2) is 0 Å². The summed E-state index contributed by atoms with van der Waals surface area (Å²) in [5.74, 6) is 1.87. The molecule has 0 bridgehead atoms. The summed E-state index contributed by atoms with van der Waals surface area (Å²) in [6.07, 6.45) is 5.23. The van der Waals surface area contributed by atoms with E-state index in [-0.39, 0.29) is 6.04 Å². The third-order valence-corrected chi connectivity index (χ3v) is 4.73. The largest absolute Gasteiger partial charge is 0.474 e. The van der Waals surface area contributed by atoms with Gasteiger partial charge in [-0.2, -0.15) is 11.8 Å². The Hall–Kier alpha value is -1.39. The zero-order valence-electron chi connectivity index (χ0n) is 12.5. The summed E-state index contributed by atoms with van der Waals surface area (Å²) in [5.41, 5.74) is 2.12. The Bertz CT molecular complexity index is 668. The molecule has 116 valence electrons. The second kappa shape index (κ2) is 7.25. The molecule has 2 aromatic rings. The van der Waals surface area contributed by atoms with Crippen LogP contribution in [0.1, 0.15) is 17.7 Å². The van der Waals surface area contributed by atoms with E-state index in [4.69, 9.17) is 21.3 Å². The van der Waals surface area contributed by atoms with Gasteiger partial charge in [-0.05, 0) is 42.2 Å². The van der Waals surface area contributed by atoms with Crippen LogP contribution in [0.15, 0.2) is 47.6 Å². The molecule has 1 aliphatic heterocycles. The molecule has 1 aromatic carbocycles. The third kappa shape index (κ3) is 3.50. The first-order valence-electron chi connectivity index (χ1n) is 7.36. The van der Waals surface area contributed by atoms with Gasteiger partial charge < -0.3 is 9.30 Å². The maximum atomic E-state index is 6.26. The van der Waals surface area contributed by atoms with E-state index in [0.29, 0.717) is 6.61 Å². The number of rotatable bonds is 6. The van der Waals surface area contributed by atoms with Crippen LogP contribution in [-0.4, -0.2) is 35.1 Å². The van der Waals surface area contributed by atoms with Gasteiger partial charge in [0.05, 0.1) is 6.04 Å². The van der Waals surface area contributed by atoms with Gasteiger partial charge in [-0.1, -0.05) is 29.8 Å². The van der Waals surface area contributed by atoms with Crippen LogP contribution in [0, 0.1) is 0 Å². The molecule has 0 saturated heterocycles. The van der Waals surface area contributed by atoms with Crippen molar-refractivity contribution in [2.75, 3.05) is 18.6 Å². The first-order chi connectivity index (χ1) is 10.8. The number of halogens is 1. The SMILES string of the molecule is CSCCC1COC(c2cccn2Cc2ccccc2Cl)=N1. The lowest BCUT2D eigenvalue weighted by Crippen LogP contribution is -2.10. The Kier molecular flexibility index (Phi) is 5.11. The number of ether oxygens (including phenoxy) is 1. The fraction of sp³-hybridized carbons (Fsp3) is 0.353. The smallest absolute Gasteiger partial charge is 0.233 e. The molecule has 3 nitrogen and oxygen atoms in total. The summed E-state index contributed by atoms with van der Waals surface area (Å²) < 4.78 is 7.94. The average Bonchev–Trinajstić information content (AvgIpc) is 3.16. The molecule has 0 aliphatic carbocycles. The van der Waals surface area contributed by atoms with Crippen LogP contribution in [0.2, 0.25) is 5.02 Å². The molecule has 5 heteroatoms. The number of aromatic nitrogens is 1. The summed E-state index contributed by atoms with van der Waals surface area (Å²) >= 11 is 8.11. The van der Waals surface area contributed by atoms with Gasteiger partial charge in [0.25, 0.3) is 0 Å². The van der Waals surface area contributed by atoms with Crippen LogP contribution in [0.5, 0.6) is 0 Å². The second-order valence-electron chi connectivity index (χ2n) is 5.29. The van der Waals surface area contributed by atoms with Gasteiger partial charge >= 0.3 is 0 Å². The molecule has 22 heavy (non-hydrogen) atoms. The molecule has 0 fully saturated rings. The van der Waals surface area contributed by atoms with E-state index in [1.807, 2.05) is 54.4 Å². The highest BCUT2D eigenvalue weighted by Crippen LogP contribution is 2.20. The van der Waals surface area contributed by atoms with Gasteiger partial charge in [0.2, 0.25) is 5.90 Å². The lowest BCUT2D eigenvalue weighted by Gasteiger charge is -2.10. The monoisotopic (exact) mass is 334 g/mol. The van der Waals surface area contributed by atoms with Crippen molar-refractivity contribution < 1.29 is 4.74 Å². The van der Waals surface area contributed by atoms with Gasteiger partial charge in [0, 0.05) is 17.8 Å². The van der Waals surface area contributed by atoms with Crippen LogP contribution in [0.3, 0.4) is 0 Å². The highest BCUT2D eigenvalue weighted by Gasteiger charge is 2.21. The molecule has 3 rings (SSSR count). The molecule has 0 spiro atoms. The number of thioether (sulfide) groups is 1. The van der Waals surface area contributed by atoms with Crippen LogP contribution in [0.25, 0.3) is 0 Å². The topological polar surface area (TPSA) is 26.5 Å². The predicted octanol–water partition coefficient (Wildman–Crippen LogP) is 4.09. The Labute approximate surface area is 140 Å². The van der Waals surface area contributed by atoms with E-state index < -0.39 is 0 Å². The molecule has 0 amide bonds. The molecule has 1 unspecified atom stereocenters. The van der Waals surface area contributed by atoms with Crippen molar-refractivity contribution in [3.05, 3.63) is 58.9 Å². The zero-order valence-corrected chi connectivity index (χ0v) is 14.1. The highest BCUT2D eigenvalue weighted by molar-refractivity contribution is 7.98. The average molecular weight is 335 g/mol. The Morgan fingerprint density at radius 2 is 2.18 bits per heavy atom. The van der Waals surface area contributed by atoms with E-state index in [0.717, 1.165) is 40.9 Å². The first-order valence-corrected chi connectivity index (χ1v) is 9.13. The number of nitrogens with zero attached hydrogens (tertiary/aromatic N) is 2. The lowest BCUT2D eigenvalue weighted by atomic mass is 10.2. The highest BCUT2D eigenvalue weighted by atomic mass is 35.5. The maximum absolute atomic E-state index is 6.26.